The number of fused-ring (bicyclic) bond motifs is 1. The lowest BCUT2D eigenvalue weighted by Crippen LogP contribution is -2.30. The van der Waals surface area contributed by atoms with E-state index >= 15 is 0 Å². The van der Waals surface area contributed by atoms with E-state index in [4.69, 9.17) is 0 Å². The number of carbonyl (C=O) groups is 1. The van der Waals surface area contributed by atoms with Crippen LogP contribution < -0.4 is 0 Å². The van der Waals surface area contributed by atoms with E-state index in [1.165, 1.54) is 22.3 Å². The van der Waals surface area contributed by atoms with Crippen LogP contribution in [0, 0.1) is 20.8 Å². The largest absolute Gasteiger partial charge is 0.294 e. The molecule has 0 amide bonds. The fourth-order valence-corrected chi connectivity index (χ4v) is 3.92. The predicted octanol–water partition coefficient (Wildman–Crippen LogP) is 4.37. The molecule has 1 aliphatic rings. The quantitative estimate of drug-likeness (QED) is 0.785. The molecule has 0 radical (unpaired) electrons. The number of ketones is 1. The van der Waals surface area contributed by atoms with Gasteiger partial charge in [-0.1, -0.05) is 30.3 Å². The molecule has 0 N–H and O–H groups in total. The zero-order valence-corrected chi connectivity index (χ0v) is 14.6. The van der Waals surface area contributed by atoms with Gasteiger partial charge in [0.25, 0.3) is 0 Å². The Kier molecular flexibility index (Phi) is 4.36. The van der Waals surface area contributed by atoms with Crippen LogP contribution in [-0.2, 0) is 19.5 Å². The van der Waals surface area contributed by atoms with Crippen molar-refractivity contribution in [3.63, 3.8) is 0 Å². The highest BCUT2D eigenvalue weighted by Gasteiger charge is 2.19. The van der Waals surface area contributed by atoms with E-state index in [-0.39, 0.29) is 5.78 Å². The summed E-state index contributed by atoms with van der Waals surface area (Å²) in [6.07, 6.45) is 1.11. The summed E-state index contributed by atoms with van der Waals surface area (Å²) in [7, 11) is 0. The summed E-state index contributed by atoms with van der Waals surface area (Å²) in [5.74, 6) is 0.172. The topological polar surface area (TPSA) is 20.3 Å². The Morgan fingerprint density at radius 3 is 2.48 bits per heavy atom. The average Bonchev–Trinajstić information content (AvgIpc) is 2.50. The van der Waals surface area contributed by atoms with Crippen molar-refractivity contribution >= 4 is 5.78 Å². The molecule has 120 valence electrons. The second kappa shape index (κ2) is 6.29. The normalized spacial score (nSPS) is 14.6. The summed E-state index contributed by atoms with van der Waals surface area (Å²) >= 11 is 0. The lowest BCUT2D eigenvalue weighted by atomic mass is 9.90. The van der Waals surface area contributed by atoms with Crippen LogP contribution in [-0.4, -0.2) is 17.2 Å². The summed E-state index contributed by atoms with van der Waals surface area (Å²) in [5.41, 5.74) is 8.69. The van der Waals surface area contributed by atoms with Crippen LogP contribution in [0.5, 0.6) is 0 Å². The first-order chi connectivity index (χ1) is 11.0. The van der Waals surface area contributed by atoms with Crippen molar-refractivity contribution in [1.82, 2.24) is 4.90 Å². The molecule has 0 unspecified atom stereocenters. The van der Waals surface area contributed by atoms with Crippen LogP contribution in [0.4, 0.5) is 0 Å². The molecule has 2 nitrogen and oxygen atoms in total. The lowest BCUT2D eigenvalue weighted by molar-refractivity contribution is 0.101. The number of rotatable bonds is 3. The van der Waals surface area contributed by atoms with Crippen LogP contribution in [0.3, 0.4) is 0 Å². The molecule has 0 aliphatic carbocycles. The maximum Gasteiger partial charge on any atom is 0.160 e. The Balaban J connectivity index is 1.90. The summed E-state index contributed by atoms with van der Waals surface area (Å²) in [6.45, 7) is 11.0. The molecule has 2 aromatic rings. The second-order valence-electron chi connectivity index (χ2n) is 6.77. The molecule has 2 heteroatoms. The summed E-state index contributed by atoms with van der Waals surface area (Å²) in [4.78, 5) is 14.5. The molecule has 0 fully saturated rings. The highest BCUT2D eigenvalue weighted by molar-refractivity contribution is 5.97. The predicted molar refractivity (Wildman–Crippen MR) is 94.9 cm³/mol. The number of benzene rings is 2. The molecular formula is C21H25NO. The van der Waals surface area contributed by atoms with Gasteiger partial charge in [-0.3, -0.25) is 9.69 Å². The standard InChI is InChI=1S/C21H25NO/c1-14-11-15(2)21(17(4)23)16(3)20(14)13-22-10-9-18-7-5-6-8-19(18)12-22/h5-8,11H,9-10,12-13H2,1-4H3. The van der Waals surface area contributed by atoms with Crippen molar-refractivity contribution in [2.75, 3.05) is 6.54 Å². The van der Waals surface area contributed by atoms with Crippen LogP contribution in [0.15, 0.2) is 30.3 Å². The van der Waals surface area contributed by atoms with Crippen molar-refractivity contribution < 1.29 is 4.79 Å². The van der Waals surface area contributed by atoms with Gasteiger partial charge in [0.05, 0.1) is 0 Å². The van der Waals surface area contributed by atoms with Crippen LogP contribution in [0.2, 0.25) is 0 Å². The maximum atomic E-state index is 12.0. The van der Waals surface area contributed by atoms with Crippen molar-refractivity contribution in [2.24, 2.45) is 0 Å². The summed E-state index contributed by atoms with van der Waals surface area (Å²) in [5, 5.41) is 0. The molecule has 0 saturated carbocycles. The van der Waals surface area contributed by atoms with Gasteiger partial charge in [-0.2, -0.15) is 0 Å². The number of hydrogen-bond acceptors (Lipinski definition) is 2. The average molecular weight is 307 g/mol. The van der Waals surface area contributed by atoms with E-state index in [2.05, 4.69) is 49.1 Å². The van der Waals surface area contributed by atoms with E-state index in [9.17, 15) is 4.79 Å². The van der Waals surface area contributed by atoms with Crippen molar-refractivity contribution in [3.05, 3.63) is 69.3 Å². The van der Waals surface area contributed by atoms with E-state index in [1.807, 2.05) is 6.92 Å². The van der Waals surface area contributed by atoms with Crippen LogP contribution in [0.25, 0.3) is 0 Å². The molecule has 3 rings (SSSR count). The molecule has 0 spiro atoms. The van der Waals surface area contributed by atoms with Gasteiger partial charge < -0.3 is 0 Å². The Labute approximate surface area is 139 Å². The monoisotopic (exact) mass is 307 g/mol. The Morgan fingerprint density at radius 2 is 1.78 bits per heavy atom. The van der Waals surface area contributed by atoms with Gasteiger partial charge in [0.1, 0.15) is 0 Å². The maximum absolute atomic E-state index is 12.0. The smallest absolute Gasteiger partial charge is 0.160 e. The summed E-state index contributed by atoms with van der Waals surface area (Å²) in [6, 6.07) is 10.9. The van der Waals surface area contributed by atoms with Crippen molar-refractivity contribution in [1.29, 1.82) is 0 Å². The zero-order valence-electron chi connectivity index (χ0n) is 14.6. The van der Waals surface area contributed by atoms with Gasteiger partial charge in [0, 0.05) is 25.2 Å². The highest BCUT2D eigenvalue weighted by Crippen LogP contribution is 2.26. The number of aryl methyl sites for hydroxylation is 2. The lowest BCUT2D eigenvalue weighted by Gasteiger charge is -2.30. The van der Waals surface area contributed by atoms with Crippen LogP contribution >= 0.6 is 0 Å². The molecule has 0 aromatic heterocycles. The molecule has 1 heterocycles. The van der Waals surface area contributed by atoms with E-state index in [0.29, 0.717) is 0 Å². The third-order valence-electron chi connectivity index (χ3n) is 5.07. The fourth-order valence-electron chi connectivity index (χ4n) is 3.92. The van der Waals surface area contributed by atoms with Gasteiger partial charge in [-0.25, -0.2) is 0 Å². The van der Waals surface area contributed by atoms with Crippen molar-refractivity contribution in [2.45, 2.75) is 47.2 Å². The van der Waals surface area contributed by atoms with E-state index < -0.39 is 0 Å². The zero-order chi connectivity index (χ0) is 16.6. The van der Waals surface area contributed by atoms with Gasteiger partial charge >= 0.3 is 0 Å². The highest BCUT2D eigenvalue weighted by atomic mass is 16.1. The third kappa shape index (κ3) is 3.09. The van der Waals surface area contributed by atoms with Gasteiger partial charge in [0.15, 0.2) is 5.78 Å². The minimum Gasteiger partial charge on any atom is -0.294 e. The fraction of sp³-hybridized carbons (Fsp3) is 0.381. The molecule has 23 heavy (non-hydrogen) atoms. The number of hydrogen-bond donors (Lipinski definition) is 0. The number of nitrogens with zero attached hydrogens (tertiary/aromatic N) is 1. The minimum absolute atomic E-state index is 0.172. The molecule has 0 saturated heterocycles. The number of Topliss-reactive ketones (excluding diaryl/α,β-unsaturated/α-hetero) is 1. The molecule has 2 aromatic carbocycles. The Bertz CT molecular complexity index is 761. The first-order valence-corrected chi connectivity index (χ1v) is 8.37. The second-order valence-corrected chi connectivity index (χ2v) is 6.77. The first-order valence-electron chi connectivity index (χ1n) is 8.37. The minimum atomic E-state index is 0.172. The molecule has 1 aliphatic heterocycles. The third-order valence-corrected chi connectivity index (χ3v) is 5.07. The molecule has 0 bridgehead atoms. The van der Waals surface area contributed by atoms with Crippen LogP contribution in [0.1, 0.15) is 50.7 Å². The SMILES string of the molecule is CC(=O)c1c(C)cc(C)c(CN2CCc3ccccc3C2)c1C. The van der Waals surface area contributed by atoms with Crippen molar-refractivity contribution in [3.8, 4) is 0 Å². The van der Waals surface area contributed by atoms with Gasteiger partial charge in [-0.15, -0.1) is 0 Å². The summed E-state index contributed by atoms with van der Waals surface area (Å²) < 4.78 is 0. The Morgan fingerprint density at radius 1 is 1.09 bits per heavy atom. The number of carbonyl (C=O) groups excluding carboxylic acids is 1. The molecular weight excluding hydrogens is 282 g/mol. The molecule has 0 atom stereocenters. The van der Waals surface area contributed by atoms with E-state index in [1.54, 1.807) is 6.92 Å². The first kappa shape index (κ1) is 15.9. The van der Waals surface area contributed by atoms with Gasteiger partial charge in [-0.05, 0) is 67.5 Å². The van der Waals surface area contributed by atoms with E-state index in [0.717, 1.165) is 42.7 Å². The Hall–Kier alpha value is -1.93. The van der Waals surface area contributed by atoms with Gasteiger partial charge in [0.2, 0.25) is 0 Å².